The van der Waals surface area contributed by atoms with Crippen LogP contribution in [0, 0.1) is 5.92 Å². The van der Waals surface area contributed by atoms with Gasteiger partial charge in [-0.15, -0.1) is 0 Å². The van der Waals surface area contributed by atoms with E-state index in [1.807, 2.05) is 6.07 Å². The van der Waals surface area contributed by atoms with Crippen molar-refractivity contribution in [3.05, 3.63) is 42.1 Å². The lowest BCUT2D eigenvalue weighted by Crippen LogP contribution is -2.27. The molecule has 1 fully saturated rings. The first-order chi connectivity index (χ1) is 10.3. The molecule has 0 spiro atoms. The first-order valence-electron chi connectivity index (χ1n) is 8.13. The lowest BCUT2D eigenvalue weighted by Gasteiger charge is -2.16. The first-order valence-corrected chi connectivity index (χ1v) is 8.13. The molecule has 0 bridgehead atoms. The van der Waals surface area contributed by atoms with Crippen LogP contribution in [0.1, 0.15) is 44.6 Å². The topological polar surface area (TPSA) is 40.7 Å². The zero-order valence-electron chi connectivity index (χ0n) is 12.8. The van der Waals surface area contributed by atoms with Crippen molar-refractivity contribution < 1.29 is 0 Å². The lowest BCUT2D eigenvalue weighted by atomic mass is 10.0. The van der Waals surface area contributed by atoms with Gasteiger partial charge in [0.2, 0.25) is 0 Å². The fourth-order valence-electron chi connectivity index (χ4n) is 3.17. The average Bonchev–Trinajstić information content (AvgIpc) is 2.96. The molecule has 2 unspecified atom stereocenters. The highest BCUT2D eigenvalue weighted by atomic mass is 15.1. The van der Waals surface area contributed by atoms with Crippen molar-refractivity contribution >= 4 is 0 Å². The maximum absolute atomic E-state index is 4.00. The molecule has 3 heteroatoms. The van der Waals surface area contributed by atoms with E-state index in [1.54, 1.807) is 6.20 Å². The molecule has 0 amide bonds. The number of aromatic nitrogens is 2. The predicted molar refractivity (Wildman–Crippen MR) is 86.9 cm³/mol. The van der Waals surface area contributed by atoms with E-state index in [4.69, 9.17) is 0 Å². The second-order valence-electron chi connectivity index (χ2n) is 6.36. The van der Waals surface area contributed by atoms with Crippen LogP contribution in [0.2, 0.25) is 0 Å². The molecule has 2 aromatic rings. The van der Waals surface area contributed by atoms with Gasteiger partial charge in [-0.1, -0.05) is 44.0 Å². The smallest absolute Gasteiger partial charge is 0.0650 e. The number of hydrogen-bond acceptors (Lipinski definition) is 2. The molecule has 1 saturated carbocycles. The maximum Gasteiger partial charge on any atom is 0.0650 e. The van der Waals surface area contributed by atoms with Crippen molar-refractivity contribution in [1.29, 1.82) is 0 Å². The van der Waals surface area contributed by atoms with Crippen LogP contribution in [0.25, 0.3) is 11.3 Å². The zero-order chi connectivity index (χ0) is 14.5. The Morgan fingerprint density at radius 1 is 1.10 bits per heavy atom. The first kappa shape index (κ1) is 14.3. The largest absolute Gasteiger partial charge is 0.310 e. The van der Waals surface area contributed by atoms with Crippen LogP contribution < -0.4 is 5.32 Å². The third-order valence-corrected chi connectivity index (χ3v) is 4.62. The van der Waals surface area contributed by atoms with Gasteiger partial charge in [-0.3, -0.25) is 5.10 Å². The molecule has 0 aliphatic heterocycles. The monoisotopic (exact) mass is 283 g/mol. The van der Waals surface area contributed by atoms with Crippen LogP contribution >= 0.6 is 0 Å². The van der Waals surface area contributed by atoms with E-state index in [1.165, 1.54) is 43.2 Å². The third kappa shape index (κ3) is 3.94. The van der Waals surface area contributed by atoms with E-state index >= 15 is 0 Å². The van der Waals surface area contributed by atoms with Gasteiger partial charge in [0, 0.05) is 18.8 Å². The highest BCUT2D eigenvalue weighted by Gasteiger charge is 2.15. The second-order valence-corrected chi connectivity index (χ2v) is 6.36. The van der Waals surface area contributed by atoms with Crippen LogP contribution in [0.4, 0.5) is 0 Å². The summed E-state index contributed by atoms with van der Waals surface area (Å²) in [5.74, 6) is 0.908. The Morgan fingerprint density at radius 3 is 2.71 bits per heavy atom. The van der Waals surface area contributed by atoms with Gasteiger partial charge in [0.15, 0.2) is 0 Å². The summed E-state index contributed by atoms with van der Waals surface area (Å²) in [5.41, 5.74) is 3.63. The zero-order valence-corrected chi connectivity index (χ0v) is 12.8. The average molecular weight is 283 g/mol. The molecule has 21 heavy (non-hydrogen) atoms. The van der Waals surface area contributed by atoms with Gasteiger partial charge in [-0.2, -0.15) is 5.10 Å². The van der Waals surface area contributed by atoms with Crippen LogP contribution in [0.5, 0.6) is 0 Å². The van der Waals surface area contributed by atoms with E-state index < -0.39 is 0 Å². The van der Waals surface area contributed by atoms with Gasteiger partial charge < -0.3 is 5.32 Å². The van der Waals surface area contributed by atoms with Gasteiger partial charge in [-0.25, -0.2) is 0 Å². The van der Waals surface area contributed by atoms with Gasteiger partial charge in [-0.05, 0) is 42.4 Å². The van der Waals surface area contributed by atoms with Crippen molar-refractivity contribution in [2.24, 2.45) is 5.92 Å². The number of benzene rings is 1. The van der Waals surface area contributed by atoms with Crippen molar-refractivity contribution in [2.75, 3.05) is 0 Å². The van der Waals surface area contributed by atoms with Crippen molar-refractivity contribution in [3.63, 3.8) is 0 Å². The summed E-state index contributed by atoms with van der Waals surface area (Å²) in [6.07, 6.45) is 8.59. The molecule has 1 aromatic carbocycles. The molecule has 1 aliphatic carbocycles. The number of rotatable bonds is 4. The highest BCUT2D eigenvalue weighted by Crippen LogP contribution is 2.23. The van der Waals surface area contributed by atoms with Crippen LogP contribution in [0.3, 0.4) is 0 Å². The van der Waals surface area contributed by atoms with E-state index in [0.717, 1.165) is 18.2 Å². The minimum atomic E-state index is 0.697. The molecular weight excluding hydrogens is 258 g/mol. The van der Waals surface area contributed by atoms with Gasteiger partial charge in [0.25, 0.3) is 0 Å². The predicted octanol–water partition coefficient (Wildman–Crippen LogP) is 4.14. The normalized spacial score (nSPS) is 22.9. The van der Waals surface area contributed by atoms with E-state index in [0.29, 0.717) is 6.04 Å². The summed E-state index contributed by atoms with van der Waals surface area (Å²) in [5, 5.41) is 10.7. The highest BCUT2D eigenvalue weighted by molar-refractivity contribution is 5.58. The molecule has 3 rings (SSSR count). The van der Waals surface area contributed by atoms with E-state index in [9.17, 15) is 0 Å². The number of nitrogens with one attached hydrogen (secondary N) is 2. The van der Waals surface area contributed by atoms with Gasteiger partial charge >= 0.3 is 0 Å². The number of nitrogens with zero attached hydrogens (tertiary/aromatic N) is 1. The summed E-state index contributed by atoms with van der Waals surface area (Å²) in [6, 6.07) is 11.5. The minimum Gasteiger partial charge on any atom is -0.310 e. The molecule has 3 nitrogen and oxygen atoms in total. The molecule has 2 N–H and O–H groups in total. The second kappa shape index (κ2) is 6.90. The number of H-pyrrole nitrogens is 1. The van der Waals surface area contributed by atoms with Gasteiger partial charge in [0.05, 0.1) is 5.69 Å². The lowest BCUT2D eigenvalue weighted by molar-refractivity contribution is 0.447. The van der Waals surface area contributed by atoms with Crippen LogP contribution in [-0.4, -0.2) is 16.2 Å². The molecule has 2 atom stereocenters. The van der Waals surface area contributed by atoms with E-state index in [-0.39, 0.29) is 0 Å². The SMILES string of the molecule is CC1CCCC(NCc2ccc(-c3ccn[nH]3)cc2)CC1. The standard InChI is InChI=1S/C18H25N3/c1-14-3-2-4-17(10-5-14)19-13-15-6-8-16(9-7-15)18-11-12-20-21-18/h6-9,11-12,14,17,19H,2-5,10,13H2,1H3,(H,20,21). The fourth-order valence-corrected chi connectivity index (χ4v) is 3.17. The van der Waals surface area contributed by atoms with Crippen LogP contribution in [0.15, 0.2) is 36.5 Å². The summed E-state index contributed by atoms with van der Waals surface area (Å²) in [6.45, 7) is 3.36. The molecule has 0 saturated heterocycles. The number of hydrogen-bond donors (Lipinski definition) is 2. The Hall–Kier alpha value is -1.61. The molecule has 1 heterocycles. The van der Waals surface area contributed by atoms with Gasteiger partial charge in [0.1, 0.15) is 0 Å². The quantitative estimate of drug-likeness (QED) is 0.828. The Balaban J connectivity index is 1.53. The fraction of sp³-hybridized carbons (Fsp3) is 0.500. The summed E-state index contributed by atoms with van der Waals surface area (Å²) in [7, 11) is 0. The molecule has 1 aliphatic rings. The summed E-state index contributed by atoms with van der Waals surface area (Å²) in [4.78, 5) is 0. The van der Waals surface area contributed by atoms with Crippen LogP contribution in [-0.2, 0) is 6.54 Å². The maximum atomic E-state index is 4.00. The summed E-state index contributed by atoms with van der Waals surface area (Å²) >= 11 is 0. The Labute approximate surface area is 127 Å². The van der Waals surface area contributed by atoms with Crippen molar-refractivity contribution in [2.45, 2.75) is 51.6 Å². The third-order valence-electron chi connectivity index (χ3n) is 4.62. The minimum absolute atomic E-state index is 0.697. The Kier molecular flexibility index (Phi) is 4.71. The molecule has 112 valence electrons. The molecular formula is C18H25N3. The summed E-state index contributed by atoms with van der Waals surface area (Å²) < 4.78 is 0. The van der Waals surface area contributed by atoms with E-state index in [2.05, 4.69) is 46.7 Å². The van der Waals surface area contributed by atoms with Crippen molar-refractivity contribution in [1.82, 2.24) is 15.5 Å². The molecule has 0 radical (unpaired) electrons. The Bertz CT molecular complexity index is 530. The Morgan fingerprint density at radius 2 is 1.95 bits per heavy atom. The van der Waals surface area contributed by atoms with Crippen molar-refractivity contribution in [3.8, 4) is 11.3 Å². The number of aromatic amines is 1. The molecule has 1 aromatic heterocycles.